The summed E-state index contributed by atoms with van der Waals surface area (Å²) >= 11 is 1.20. The fraction of sp³-hybridized carbons (Fsp3) is 0. The van der Waals surface area contributed by atoms with Crippen molar-refractivity contribution in [2.45, 2.75) is 0 Å². The molecular formula is C11H7NO3S. The molecule has 0 N–H and O–H groups in total. The Bertz CT molecular complexity index is 493. The van der Waals surface area contributed by atoms with Crippen LogP contribution in [-0.2, 0) is 4.79 Å². The summed E-state index contributed by atoms with van der Waals surface area (Å²) in [5.74, 6) is -1.45. The highest BCUT2D eigenvalue weighted by molar-refractivity contribution is 7.12. The Hall–Kier alpha value is -2.01. The van der Waals surface area contributed by atoms with Crippen LogP contribution in [0.1, 0.15) is 9.67 Å². The monoisotopic (exact) mass is 233 g/mol. The molecule has 0 radical (unpaired) electrons. The van der Waals surface area contributed by atoms with Gasteiger partial charge in [0, 0.05) is 12.3 Å². The van der Waals surface area contributed by atoms with E-state index in [1.54, 1.807) is 29.6 Å². The molecule has 2 aromatic heterocycles. The average Bonchev–Trinajstić information content (AvgIpc) is 2.83. The third-order valence-corrected chi connectivity index (χ3v) is 2.63. The van der Waals surface area contributed by atoms with E-state index in [9.17, 15) is 9.59 Å². The van der Waals surface area contributed by atoms with Gasteiger partial charge in [-0.2, -0.15) is 0 Å². The zero-order chi connectivity index (χ0) is 11.4. The van der Waals surface area contributed by atoms with Gasteiger partial charge in [-0.05, 0) is 17.5 Å². The number of ketones is 1. The van der Waals surface area contributed by atoms with Gasteiger partial charge in [-0.15, -0.1) is 11.3 Å². The van der Waals surface area contributed by atoms with E-state index in [2.05, 4.69) is 4.98 Å². The van der Waals surface area contributed by atoms with Gasteiger partial charge >= 0.3 is 5.97 Å². The second kappa shape index (κ2) is 4.67. The molecule has 0 spiro atoms. The normalized spacial score (nSPS) is 9.75. The van der Waals surface area contributed by atoms with Gasteiger partial charge in [0.2, 0.25) is 5.88 Å². The first-order valence-electron chi connectivity index (χ1n) is 4.48. The molecule has 0 bridgehead atoms. The third-order valence-electron chi connectivity index (χ3n) is 1.77. The summed E-state index contributed by atoms with van der Waals surface area (Å²) in [4.78, 5) is 27.1. The van der Waals surface area contributed by atoms with Crippen molar-refractivity contribution in [1.82, 2.24) is 4.98 Å². The number of aromatic nitrogens is 1. The van der Waals surface area contributed by atoms with Crippen molar-refractivity contribution in [1.29, 1.82) is 0 Å². The zero-order valence-corrected chi connectivity index (χ0v) is 8.94. The van der Waals surface area contributed by atoms with Gasteiger partial charge in [0.1, 0.15) is 0 Å². The molecule has 16 heavy (non-hydrogen) atoms. The molecule has 2 aromatic rings. The average molecular weight is 233 g/mol. The van der Waals surface area contributed by atoms with Crippen LogP contribution in [0, 0.1) is 0 Å². The number of Topliss-reactive ketones (excluding diaryl/α,β-unsaturated/α-hetero) is 1. The highest BCUT2D eigenvalue weighted by atomic mass is 32.1. The fourth-order valence-corrected chi connectivity index (χ4v) is 1.71. The molecule has 0 aliphatic rings. The van der Waals surface area contributed by atoms with Gasteiger partial charge in [0.05, 0.1) is 4.88 Å². The summed E-state index contributed by atoms with van der Waals surface area (Å²) in [6, 6.07) is 8.15. The van der Waals surface area contributed by atoms with Crippen LogP contribution in [0.5, 0.6) is 5.88 Å². The Labute approximate surface area is 95.5 Å². The number of thiophene rings is 1. The molecule has 80 valence electrons. The minimum Gasteiger partial charge on any atom is -0.401 e. The van der Waals surface area contributed by atoms with Crippen LogP contribution in [0.4, 0.5) is 0 Å². The van der Waals surface area contributed by atoms with Crippen LogP contribution >= 0.6 is 11.3 Å². The van der Waals surface area contributed by atoms with Gasteiger partial charge in [-0.1, -0.05) is 12.1 Å². The molecule has 0 saturated heterocycles. The van der Waals surface area contributed by atoms with Gasteiger partial charge < -0.3 is 4.74 Å². The smallest absolute Gasteiger partial charge is 0.387 e. The maximum Gasteiger partial charge on any atom is 0.387 e. The van der Waals surface area contributed by atoms with Gasteiger partial charge in [-0.3, -0.25) is 4.79 Å². The van der Waals surface area contributed by atoms with Crippen LogP contribution in [0.2, 0.25) is 0 Å². The summed E-state index contributed by atoms with van der Waals surface area (Å²) in [7, 11) is 0. The highest BCUT2D eigenvalue weighted by Crippen LogP contribution is 2.11. The molecule has 0 saturated carbocycles. The van der Waals surface area contributed by atoms with Gasteiger partial charge in [0.15, 0.2) is 0 Å². The molecule has 5 heteroatoms. The first-order chi connectivity index (χ1) is 7.77. The van der Waals surface area contributed by atoms with E-state index in [1.807, 2.05) is 0 Å². The number of hydrogen-bond acceptors (Lipinski definition) is 5. The molecule has 0 aliphatic heterocycles. The van der Waals surface area contributed by atoms with Crippen molar-refractivity contribution in [2.75, 3.05) is 0 Å². The van der Waals surface area contributed by atoms with Crippen LogP contribution in [-0.4, -0.2) is 16.7 Å². The summed E-state index contributed by atoms with van der Waals surface area (Å²) in [6.07, 6.45) is 1.48. The van der Waals surface area contributed by atoms with E-state index in [0.29, 0.717) is 4.88 Å². The summed E-state index contributed by atoms with van der Waals surface area (Å²) in [6.45, 7) is 0. The molecule has 0 fully saturated rings. The second-order valence-electron chi connectivity index (χ2n) is 2.86. The number of carbonyl (C=O) groups excluding carboxylic acids is 2. The molecule has 0 atom stereocenters. The van der Waals surface area contributed by atoms with Crippen LogP contribution in [0.15, 0.2) is 41.9 Å². The molecule has 2 heterocycles. The summed E-state index contributed by atoms with van der Waals surface area (Å²) in [5.41, 5.74) is 0. The Morgan fingerprint density at radius 3 is 2.69 bits per heavy atom. The van der Waals surface area contributed by atoms with E-state index in [0.717, 1.165) is 0 Å². The van der Waals surface area contributed by atoms with Crippen molar-refractivity contribution >= 4 is 23.1 Å². The minimum atomic E-state index is -0.916. The number of carbonyl (C=O) groups is 2. The SMILES string of the molecule is O=C(Oc1ccccn1)C(=O)c1cccs1. The number of esters is 1. The van der Waals surface area contributed by atoms with Gasteiger partial charge in [0.25, 0.3) is 5.78 Å². The Kier molecular flexibility index (Phi) is 3.07. The van der Waals surface area contributed by atoms with E-state index in [-0.39, 0.29) is 5.88 Å². The molecule has 0 aliphatic carbocycles. The first-order valence-corrected chi connectivity index (χ1v) is 5.36. The maximum atomic E-state index is 11.5. The molecule has 0 aromatic carbocycles. The van der Waals surface area contributed by atoms with E-state index in [1.165, 1.54) is 23.6 Å². The lowest BCUT2D eigenvalue weighted by molar-refractivity contribution is -0.129. The molecule has 4 nitrogen and oxygen atoms in total. The molecule has 2 rings (SSSR count). The second-order valence-corrected chi connectivity index (χ2v) is 3.81. The minimum absolute atomic E-state index is 0.123. The largest absolute Gasteiger partial charge is 0.401 e. The lowest BCUT2D eigenvalue weighted by Gasteiger charge is -1.99. The van der Waals surface area contributed by atoms with Crippen molar-refractivity contribution in [3.05, 3.63) is 46.8 Å². The molecule has 0 amide bonds. The molecule has 0 unspecified atom stereocenters. The number of pyridine rings is 1. The molecular weight excluding hydrogens is 226 g/mol. The predicted octanol–water partition coefficient (Wildman–Crippen LogP) is 1.93. The quantitative estimate of drug-likeness (QED) is 0.462. The lowest BCUT2D eigenvalue weighted by Crippen LogP contribution is -2.19. The van der Waals surface area contributed by atoms with Crippen molar-refractivity contribution < 1.29 is 14.3 Å². The highest BCUT2D eigenvalue weighted by Gasteiger charge is 2.19. The van der Waals surface area contributed by atoms with Crippen LogP contribution in [0.3, 0.4) is 0 Å². The van der Waals surface area contributed by atoms with E-state index >= 15 is 0 Å². The van der Waals surface area contributed by atoms with Crippen LogP contribution < -0.4 is 4.74 Å². The van der Waals surface area contributed by atoms with Crippen molar-refractivity contribution in [3.8, 4) is 5.88 Å². The standard InChI is InChI=1S/C11H7NO3S/c13-10(8-4-3-7-16-8)11(14)15-9-5-1-2-6-12-9/h1-7H. The Morgan fingerprint density at radius 1 is 1.19 bits per heavy atom. The number of hydrogen-bond donors (Lipinski definition) is 0. The van der Waals surface area contributed by atoms with E-state index in [4.69, 9.17) is 4.74 Å². The zero-order valence-electron chi connectivity index (χ0n) is 8.12. The van der Waals surface area contributed by atoms with Crippen LogP contribution in [0.25, 0.3) is 0 Å². The van der Waals surface area contributed by atoms with E-state index < -0.39 is 11.8 Å². The third kappa shape index (κ3) is 2.32. The summed E-state index contributed by atoms with van der Waals surface area (Å²) in [5, 5.41) is 1.72. The van der Waals surface area contributed by atoms with Crippen molar-refractivity contribution in [3.63, 3.8) is 0 Å². The van der Waals surface area contributed by atoms with Gasteiger partial charge in [-0.25, -0.2) is 9.78 Å². The predicted molar refractivity (Wildman–Crippen MR) is 58.5 cm³/mol. The number of ether oxygens (including phenoxy) is 1. The fourth-order valence-electron chi connectivity index (χ4n) is 1.06. The van der Waals surface area contributed by atoms with Crippen molar-refractivity contribution in [2.24, 2.45) is 0 Å². The summed E-state index contributed by atoms with van der Waals surface area (Å²) < 4.78 is 4.81. The lowest BCUT2D eigenvalue weighted by atomic mass is 10.3. The number of nitrogens with zero attached hydrogens (tertiary/aromatic N) is 1. The first kappa shape index (κ1) is 10.5. The Morgan fingerprint density at radius 2 is 2.06 bits per heavy atom. The number of rotatable bonds is 3. The Balaban J connectivity index is 2.07. The topological polar surface area (TPSA) is 56.3 Å². The maximum absolute atomic E-state index is 11.5.